The molecule has 0 fully saturated rings. The molecule has 3 nitrogen and oxygen atoms in total. The zero-order chi connectivity index (χ0) is 15.6. The van der Waals surface area contributed by atoms with Crippen molar-refractivity contribution in [3.05, 3.63) is 40.3 Å². The number of aryl methyl sites for hydroxylation is 1. The van der Waals surface area contributed by atoms with Crippen LogP contribution in [0.15, 0.2) is 24.3 Å². The smallest absolute Gasteiger partial charge is 0.341 e. The number of esters is 1. The summed E-state index contributed by atoms with van der Waals surface area (Å²) in [6, 6.07) is 8.36. The van der Waals surface area contributed by atoms with Crippen molar-refractivity contribution in [2.75, 3.05) is 12.8 Å². The zero-order valence-electron chi connectivity index (χ0n) is 12.9. The van der Waals surface area contributed by atoms with E-state index in [1.165, 1.54) is 24.0 Å². The van der Waals surface area contributed by atoms with E-state index < -0.39 is 0 Å². The molecule has 0 aliphatic heterocycles. The van der Waals surface area contributed by atoms with Gasteiger partial charge in [0, 0.05) is 10.4 Å². The van der Waals surface area contributed by atoms with Crippen molar-refractivity contribution in [2.24, 2.45) is 0 Å². The van der Waals surface area contributed by atoms with Crippen LogP contribution in [0, 0.1) is 6.92 Å². The van der Waals surface area contributed by atoms with Gasteiger partial charge < -0.3 is 10.5 Å². The monoisotopic (exact) mass is 303 g/mol. The van der Waals surface area contributed by atoms with Crippen molar-refractivity contribution in [1.82, 2.24) is 0 Å². The van der Waals surface area contributed by atoms with Gasteiger partial charge in [-0.2, -0.15) is 0 Å². The van der Waals surface area contributed by atoms with E-state index in [9.17, 15) is 4.79 Å². The first-order chi connectivity index (χ1) is 9.99. The van der Waals surface area contributed by atoms with Crippen molar-refractivity contribution in [1.29, 1.82) is 0 Å². The van der Waals surface area contributed by atoms with Crippen LogP contribution in [0.25, 0.3) is 11.1 Å². The number of thiophene rings is 1. The van der Waals surface area contributed by atoms with Crippen LogP contribution in [0.4, 0.5) is 5.00 Å². The van der Waals surface area contributed by atoms with E-state index in [-0.39, 0.29) is 5.97 Å². The number of anilines is 1. The molecule has 0 radical (unpaired) electrons. The molecule has 0 amide bonds. The molecule has 0 saturated heterocycles. The molecule has 0 unspecified atom stereocenters. The van der Waals surface area contributed by atoms with Crippen molar-refractivity contribution in [3.8, 4) is 11.1 Å². The molecule has 1 atom stereocenters. The summed E-state index contributed by atoms with van der Waals surface area (Å²) in [5, 5.41) is 0.514. The minimum Gasteiger partial charge on any atom is -0.465 e. The summed E-state index contributed by atoms with van der Waals surface area (Å²) in [4.78, 5) is 13.0. The Bertz CT molecular complexity index is 644. The van der Waals surface area contributed by atoms with Gasteiger partial charge in [0.05, 0.1) is 7.11 Å². The van der Waals surface area contributed by atoms with Gasteiger partial charge >= 0.3 is 5.97 Å². The van der Waals surface area contributed by atoms with Crippen LogP contribution in [0.2, 0.25) is 0 Å². The number of carbonyl (C=O) groups is 1. The number of ether oxygens (including phenoxy) is 1. The molecule has 2 rings (SSSR count). The van der Waals surface area contributed by atoms with E-state index in [4.69, 9.17) is 10.5 Å². The number of carbonyl (C=O) groups excluding carboxylic acids is 1. The lowest BCUT2D eigenvalue weighted by atomic mass is 9.95. The lowest BCUT2D eigenvalue weighted by Gasteiger charge is -2.11. The van der Waals surface area contributed by atoms with E-state index in [1.54, 1.807) is 0 Å². The summed E-state index contributed by atoms with van der Waals surface area (Å²) in [7, 11) is 1.38. The van der Waals surface area contributed by atoms with Gasteiger partial charge in [0.15, 0.2) is 0 Å². The second-order valence-electron chi connectivity index (χ2n) is 5.20. The second kappa shape index (κ2) is 6.31. The maximum absolute atomic E-state index is 12.0. The average molecular weight is 303 g/mol. The van der Waals surface area contributed by atoms with Gasteiger partial charge in [-0.15, -0.1) is 11.3 Å². The van der Waals surface area contributed by atoms with Gasteiger partial charge in [-0.25, -0.2) is 4.79 Å². The molecule has 1 aromatic heterocycles. The van der Waals surface area contributed by atoms with Crippen molar-refractivity contribution >= 4 is 22.3 Å². The van der Waals surface area contributed by atoms with Gasteiger partial charge in [0.2, 0.25) is 0 Å². The molecule has 1 aromatic carbocycles. The van der Waals surface area contributed by atoms with E-state index in [0.29, 0.717) is 16.5 Å². The third-order valence-electron chi connectivity index (χ3n) is 3.88. The molecular formula is C17H21NO2S. The summed E-state index contributed by atoms with van der Waals surface area (Å²) in [6.07, 6.45) is 1.11. The topological polar surface area (TPSA) is 52.3 Å². The Kier molecular flexibility index (Phi) is 4.68. The molecular weight excluding hydrogens is 282 g/mol. The number of methoxy groups -OCH3 is 1. The van der Waals surface area contributed by atoms with Gasteiger partial charge in [0.25, 0.3) is 0 Å². The number of nitrogen functional groups attached to an aromatic ring is 1. The number of hydrogen-bond donors (Lipinski definition) is 1. The SMILES string of the molecule is CC[C@H](C)c1ccc(-c2c(C)sc(N)c2C(=O)OC)cc1. The van der Waals surface area contributed by atoms with Crippen LogP contribution in [0.3, 0.4) is 0 Å². The van der Waals surface area contributed by atoms with Crippen LogP contribution < -0.4 is 5.73 Å². The third-order valence-corrected chi connectivity index (χ3v) is 4.82. The Hall–Kier alpha value is -1.81. The number of hydrogen-bond acceptors (Lipinski definition) is 4. The summed E-state index contributed by atoms with van der Waals surface area (Å²) >= 11 is 1.43. The highest BCUT2D eigenvalue weighted by atomic mass is 32.1. The van der Waals surface area contributed by atoms with Crippen LogP contribution >= 0.6 is 11.3 Å². The van der Waals surface area contributed by atoms with Crippen molar-refractivity contribution < 1.29 is 9.53 Å². The molecule has 1 heterocycles. The molecule has 0 aliphatic rings. The summed E-state index contributed by atoms with van der Waals surface area (Å²) in [6.45, 7) is 6.37. The molecule has 112 valence electrons. The highest BCUT2D eigenvalue weighted by Crippen LogP contribution is 2.39. The van der Waals surface area contributed by atoms with E-state index in [1.807, 2.05) is 6.92 Å². The molecule has 0 bridgehead atoms. The highest BCUT2D eigenvalue weighted by Gasteiger charge is 2.22. The fourth-order valence-electron chi connectivity index (χ4n) is 2.43. The largest absolute Gasteiger partial charge is 0.465 e. The molecule has 0 spiro atoms. The van der Waals surface area contributed by atoms with E-state index in [2.05, 4.69) is 38.1 Å². The Morgan fingerprint density at radius 3 is 2.48 bits per heavy atom. The lowest BCUT2D eigenvalue weighted by Crippen LogP contribution is -2.04. The average Bonchev–Trinajstić information content (AvgIpc) is 2.80. The fraction of sp³-hybridized carbons (Fsp3) is 0.353. The Morgan fingerprint density at radius 2 is 1.95 bits per heavy atom. The number of rotatable bonds is 4. The van der Waals surface area contributed by atoms with E-state index in [0.717, 1.165) is 22.4 Å². The molecule has 2 aromatic rings. The Balaban J connectivity index is 2.49. The van der Waals surface area contributed by atoms with Crippen LogP contribution in [-0.4, -0.2) is 13.1 Å². The molecule has 2 N–H and O–H groups in total. The van der Waals surface area contributed by atoms with Crippen molar-refractivity contribution in [2.45, 2.75) is 33.1 Å². The summed E-state index contributed by atoms with van der Waals surface area (Å²) in [5.41, 5.74) is 9.66. The minimum atomic E-state index is -0.377. The van der Waals surface area contributed by atoms with Gasteiger partial charge in [-0.05, 0) is 30.4 Å². The molecule has 0 aliphatic carbocycles. The van der Waals surface area contributed by atoms with Crippen molar-refractivity contribution in [3.63, 3.8) is 0 Å². The molecule has 21 heavy (non-hydrogen) atoms. The lowest BCUT2D eigenvalue weighted by molar-refractivity contribution is 0.0603. The predicted octanol–water partition coefficient (Wildman–Crippen LogP) is 4.61. The highest BCUT2D eigenvalue weighted by molar-refractivity contribution is 7.16. The zero-order valence-corrected chi connectivity index (χ0v) is 13.7. The number of nitrogens with two attached hydrogens (primary N) is 1. The van der Waals surface area contributed by atoms with Crippen LogP contribution in [0.1, 0.15) is 47.0 Å². The first kappa shape index (κ1) is 15.6. The maximum atomic E-state index is 12.0. The summed E-state index contributed by atoms with van der Waals surface area (Å²) < 4.78 is 4.86. The van der Waals surface area contributed by atoms with Crippen LogP contribution in [-0.2, 0) is 4.74 Å². The Labute approximate surface area is 129 Å². The second-order valence-corrected chi connectivity index (χ2v) is 6.45. The quantitative estimate of drug-likeness (QED) is 0.839. The first-order valence-corrected chi connectivity index (χ1v) is 7.88. The van der Waals surface area contributed by atoms with Gasteiger partial charge in [-0.1, -0.05) is 38.1 Å². The summed E-state index contributed by atoms with van der Waals surface area (Å²) in [5.74, 6) is 0.158. The first-order valence-electron chi connectivity index (χ1n) is 7.07. The predicted molar refractivity (Wildman–Crippen MR) is 88.9 cm³/mol. The minimum absolute atomic E-state index is 0.377. The maximum Gasteiger partial charge on any atom is 0.341 e. The van der Waals surface area contributed by atoms with Gasteiger partial charge in [0.1, 0.15) is 10.6 Å². The molecule has 4 heteroatoms. The normalized spacial score (nSPS) is 12.2. The fourth-order valence-corrected chi connectivity index (χ4v) is 3.37. The molecule has 0 saturated carbocycles. The number of benzene rings is 1. The standard InChI is InChI=1S/C17H21NO2S/c1-5-10(2)12-6-8-13(9-7-12)14-11(3)21-16(18)15(14)17(19)20-4/h6-10H,5,18H2,1-4H3/t10-/m0/s1. The Morgan fingerprint density at radius 1 is 1.33 bits per heavy atom. The third kappa shape index (κ3) is 2.95. The van der Waals surface area contributed by atoms with Gasteiger partial charge in [-0.3, -0.25) is 0 Å². The van der Waals surface area contributed by atoms with E-state index >= 15 is 0 Å². The van der Waals surface area contributed by atoms with Crippen LogP contribution in [0.5, 0.6) is 0 Å².